The minimum Gasteiger partial charge on any atom is -0.493 e. The van der Waals surface area contributed by atoms with E-state index in [0.717, 1.165) is 36.7 Å². The van der Waals surface area contributed by atoms with Crippen LogP contribution in [0.15, 0.2) is 12.1 Å². The molecule has 0 saturated heterocycles. The highest BCUT2D eigenvalue weighted by Crippen LogP contribution is 2.66. The third kappa shape index (κ3) is 1.29. The summed E-state index contributed by atoms with van der Waals surface area (Å²) in [6.07, 6.45) is 5.34. The van der Waals surface area contributed by atoms with E-state index in [2.05, 4.69) is 6.07 Å². The van der Waals surface area contributed by atoms with Crippen molar-refractivity contribution in [2.24, 2.45) is 11.8 Å². The number of hydrogen-bond donors (Lipinski definition) is 0. The van der Waals surface area contributed by atoms with Crippen molar-refractivity contribution >= 4 is 0 Å². The number of benzene rings is 1. The smallest absolute Gasteiger partial charge is 0.165 e. The third-order valence-corrected chi connectivity index (χ3v) is 6.61. The minimum absolute atomic E-state index is 0.0575. The summed E-state index contributed by atoms with van der Waals surface area (Å²) in [6, 6.07) is 4.20. The van der Waals surface area contributed by atoms with Gasteiger partial charge in [0.15, 0.2) is 11.5 Å². The molecular formula is C18H21FO2. The van der Waals surface area contributed by atoms with Crippen LogP contribution in [0.4, 0.5) is 4.39 Å². The van der Waals surface area contributed by atoms with E-state index in [0.29, 0.717) is 12.3 Å². The van der Waals surface area contributed by atoms with Crippen molar-refractivity contribution in [2.45, 2.75) is 56.2 Å². The van der Waals surface area contributed by atoms with Gasteiger partial charge in [-0.2, -0.15) is 0 Å². The highest BCUT2D eigenvalue weighted by molar-refractivity contribution is 5.60. The Morgan fingerprint density at radius 1 is 1.29 bits per heavy atom. The van der Waals surface area contributed by atoms with Crippen LogP contribution in [0.5, 0.6) is 11.5 Å². The third-order valence-electron chi connectivity index (χ3n) is 6.61. The number of ether oxygens (including phenoxy) is 2. The van der Waals surface area contributed by atoms with Crippen molar-refractivity contribution in [3.63, 3.8) is 0 Å². The minimum atomic E-state index is -0.831. The molecule has 3 aliphatic carbocycles. The summed E-state index contributed by atoms with van der Waals surface area (Å²) in [5, 5.41) is 0. The molecule has 2 bridgehead atoms. The van der Waals surface area contributed by atoms with Crippen molar-refractivity contribution in [3.8, 4) is 11.5 Å². The average Bonchev–Trinajstić information content (AvgIpc) is 2.83. The van der Waals surface area contributed by atoms with E-state index in [1.165, 1.54) is 24.0 Å². The Hall–Kier alpha value is -1.25. The van der Waals surface area contributed by atoms with Crippen LogP contribution in [-0.4, -0.2) is 19.4 Å². The lowest BCUT2D eigenvalue weighted by molar-refractivity contribution is -0.0577. The molecule has 0 amide bonds. The fourth-order valence-electron chi connectivity index (χ4n) is 5.97. The highest BCUT2D eigenvalue weighted by Gasteiger charge is 2.64. The highest BCUT2D eigenvalue weighted by atomic mass is 19.1. The zero-order chi connectivity index (χ0) is 14.2. The van der Waals surface area contributed by atoms with Crippen molar-refractivity contribution in [2.75, 3.05) is 7.11 Å². The number of methoxy groups -OCH3 is 1. The second-order valence-electron chi connectivity index (χ2n) is 7.27. The monoisotopic (exact) mass is 288 g/mol. The van der Waals surface area contributed by atoms with Crippen LogP contribution in [0, 0.1) is 11.8 Å². The predicted molar refractivity (Wildman–Crippen MR) is 77.8 cm³/mol. The van der Waals surface area contributed by atoms with E-state index in [-0.39, 0.29) is 11.5 Å². The summed E-state index contributed by atoms with van der Waals surface area (Å²) in [4.78, 5) is 0. The van der Waals surface area contributed by atoms with Gasteiger partial charge in [-0.3, -0.25) is 0 Å². The maximum Gasteiger partial charge on any atom is 0.165 e. The Morgan fingerprint density at radius 3 is 3.05 bits per heavy atom. The van der Waals surface area contributed by atoms with Crippen LogP contribution in [0.25, 0.3) is 0 Å². The molecule has 1 aliphatic heterocycles. The molecule has 2 unspecified atom stereocenters. The Balaban J connectivity index is 1.81. The molecule has 2 nitrogen and oxygen atoms in total. The average molecular weight is 288 g/mol. The normalized spacial score (nSPS) is 42.2. The van der Waals surface area contributed by atoms with E-state index in [4.69, 9.17) is 9.47 Å². The van der Waals surface area contributed by atoms with Crippen LogP contribution in [0.2, 0.25) is 0 Å². The first-order valence-electron chi connectivity index (χ1n) is 8.27. The maximum atomic E-state index is 14.7. The van der Waals surface area contributed by atoms with Crippen LogP contribution >= 0.6 is 0 Å². The van der Waals surface area contributed by atoms with E-state index < -0.39 is 6.17 Å². The van der Waals surface area contributed by atoms with Crippen LogP contribution in [0.3, 0.4) is 0 Å². The molecule has 5 rings (SSSR count). The molecule has 0 radical (unpaired) electrons. The first kappa shape index (κ1) is 12.3. The molecule has 1 spiro atoms. The van der Waals surface area contributed by atoms with Gasteiger partial charge in [-0.25, -0.2) is 4.39 Å². The fraction of sp³-hybridized carbons (Fsp3) is 0.667. The summed E-state index contributed by atoms with van der Waals surface area (Å²) >= 11 is 0. The van der Waals surface area contributed by atoms with Crippen LogP contribution in [-0.2, 0) is 11.8 Å². The van der Waals surface area contributed by atoms with Gasteiger partial charge in [0.05, 0.1) is 7.11 Å². The molecule has 3 heteroatoms. The van der Waals surface area contributed by atoms with Gasteiger partial charge in [-0.1, -0.05) is 12.5 Å². The lowest BCUT2D eigenvalue weighted by atomic mass is 9.48. The first-order chi connectivity index (χ1) is 10.3. The van der Waals surface area contributed by atoms with Crippen LogP contribution in [0.1, 0.15) is 43.2 Å². The molecule has 1 aromatic rings. The summed E-state index contributed by atoms with van der Waals surface area (Å²) < 4.78 is 26.4. The van der Waals surface area contributed by atoms with Gasteiger partial charge in [-0.05, 0) is 55.6 Å². The lowest BCUT2D eigenvalue weighted by Gasteiger charge is -2.55. The number of rotatable bonds is 1. The SMILES string of the molecule is COc1ccc2c3c1O[C@@H]1C(F)CCC4[C@@H](CCC[C@]341)C2. The summed E-state index contributed by atoms with van der Waals surface area (Å²) in [5.41, 5.74) is 2.65. The van der Waals surface area contributed by atoms with Crippen molar-refractivity contribution in [1.82, 2.24) is 0 Å². The Morgan fingerprint density at radius 2 is 2.19 bits per heavy atom. The van der Waals surface area contributed by atoms with E-state index in [9.17, 15) is 4.39 Å². The van der Waals surface area contributed by atoms with Gasteiger partial charge in [0.2, 0.25) is 0 Å². The predicted octanol–water partition coefficient (Wildman–Crippen LogP) is 3.80. The number of halogens is 1. The van der Waals surface area contributed by atoms with Gasteiger partial charge in [0.25, 0.3) is 0 Å². The Labute approximate surface area is 124 Å². The van der Waals surface area contributed by atoms with Gasteiger partial charge < -0.3 is 9.47 Å². The zero-order valence-electron chi connectivity index (χ0n) is 12.4. The van der Waals surface area contributed by atoms with Gasteiger partial charge in [-0.15, -0.1) is 0 Å². The molecule has 0 aromatic heterocycles. The second kappa shape index (κ2) is 3.93. The van der Waals surface area contributed by atoms with Crippen molar-refractivity contribution in [3.05, 3.63) is 23.3 Å². The topological polar surface area (TPSA) is 18.5 Å². The van der Waals surface area contributed by atoms with E-state index in [1.54, 1.807) is 7.11 Å². The molecule has 2 saturated carbocycles. The summed E-state index contributed by atoms with van der Waals surface area (Å²) in [7, 11) is 1.68. The Bertz CT molecular complexity index is 613. The zero-order valence-corrected chi connectivity index (χ0v) is 12.4. The maximum absolute atomic E-state index is 14.7. The lowest BCUT2D eigenvalue weighted by Crippen LogP contribution is -2.58. The summed E-state index contributed by atoms with van der Waals surface area (Å²) in [6.45, 7) is 0. The largest absolute Gasteiger partial charge is 0.493 e. The van der Waals surface area contributed by atoms with Crippen molar-refractivity contribution in [1.29, 1.82) is 0 Å². The van der Waals surface area contributed by atoms with Crippen molar-refractivity contribution < 1.29 is 13.9 Å². The summed E-state index contributed by atoms with van der Waals surface area (Å²) in [5.74, 6) is 2.98. The van der Waals surface area contributed by atoms with E-state index in [1.807, 2.05) is 6.07 Å². The number of hydrogen-bond acceptors (Lipinski definition) is 2. The molecule has 5 atom stereocenters. The molecule has 2 fully saturated rings. The van der Waals surface area contributed by atoms with Gasteiger partial charge in [0.1, 0.15) is 12.3 Å². The fourth-order valence-corrected chi connectivity index (χ4v) is 5.97. The molecule has 112 valence electrons. The van der Waals surface area contributed by atoms with Gasteiger partial charge in [0, 0.05) is 11.0 Å². The van der Waals surface area contributed by atoms with Gasteiger partial charge >= 0.3 is 0 Å². The molecule has 0 N–H and O–H groups in total. The second-order valence-corrected chi connectivity index (χ2v) is 7.27. The number of alkyl halides is 1. The quantitative estimate of drug-likeness (QED) is 0.782. The van der Waals surface area contributed by atoms with Crippen LogP contribution < -0.4 is 9.47 Å². The molecule has 1 aromatic carbocycles. The molecule has 4 aliphatic rings. The molecule has 21 heavy (non-hydrogen) atoms. The molecular weight excluding hydrogens is 267 g/mol. The van der Waals surface area contributed by atoms with E-state index >= 15 is 0 Å². The Kier molecular flexibility index (Phi) is 2.31. The molecule has 1 heterocycles. The first-order valence-corrected chi connectivity index (χ1v) is 8.27. The standard InChI is InChI=1S/C18H21FO2/c1-20-14-7-4-11-9-10-3-2-8-18-12(10)5-6-13(19)17(18)21-16(14)15(11)18/h4,7,10,12-13,17H,2-3,5-6,8-9H2,1H3/t10-,12?,13?,17+,18+/m0/s1.